The van der Waals surface area contributed by atoms with Crippen molar-refractivity contribution in [2.45, 2.75) is 5.16 Å². The molecule has 0 fully saturated rings. The van der Waals surface area contributed by atoms with Crippen LogP contribution in [0.25, 0.3) is 11.2 Å². The molecule has 0 aliphatic carbocycles. The van der Waals surface area contributed by atoms with Gasteiger partial charge in [0.15, 0.2) is 5.65 Å². The zero-order valence-corrected chi connectivity index (χ0v) is 10.6. The molecule has 0 aliphatic heterocycles. The molecular formula is C6H5N4O2ReS-. The largest absolute Gasteiger partial charge is 0.766 e. The molecule has 0 saturated heterocycles. The first-order valence-corrected chi connectivity index (χ1v) is 4.49. The number of hydrogen-bond acceptors (Lipinski definition) is 5. The normalized spacial score (nSPS) is 12.4. The molecule has 14 heavy (non-hydrogen) atoms. The Hall–Kier alpha value is -0.678. The van der Waals surface area contributed by atoms with E-state index in [4.69, 9.17) is 0 Å². The van der Waals surface area contributed by atoms with Gasteiger partial charge in [-0.1, -0.05) is 0 Å². The summed E-state index contributed by atoms with van der Waals surface area (Å²) < 4.78 is 22.7. The fourth-order valence-electron chi connectivity index (χ4n) is 0.985. The van der Waals surface area contributed by atoms with Gasteiger partial charge in [0.05, 0.1) is 12.5 Å². The smallest absolute Gasteiger partial charge is 0.206 e. The fraction of sp³-hybridized carbons (Fsp3) is 0.167. The zero-order chi connectivity index (χ0) is 9.42. The number of imidazole rings is 1. The van der Waals surface area contributed by atoms with Crippen molar-refractivity contribution in [3.8, 4) is 0 Å². The Morgan fingerprint density at radius 3 is 2.86 bits per heavy atom. The van der Waals surface area contributed by atoms with E-state index in [-0.39, 0.29) is 25.6 Å². The van der Waals surface area contributed by atoms with Gasteiger partial charge >= 0.3 is 0 Å². The van der Waals surface area contributed by atoms with Crippen LogP contribution < -0.4 is 0 Å². The molecule has 0 spiro atoms. The molecule has 1 unspecified atom stereocenters. The summed E-state index contributed by atoms with van der Waals surface area (Å²) in [5.74, 6) is 0. The minimum atomic E-state index is -2.39. The number of rotatable bonds is 1. The van der Waals surface area contributed by atoms with Crippen LogP contribution in [0.4, 0.5) is 0 Å². The number of nitrogens with zero attached hydrogens (tertiary/aromatic N) is 4. The first-order valence-electron chi connectivity index (χ1n) is 3.42. The Labute approximate surface area is 95.7 Å². The molecule has 8 heteroatoms. The molecule has 0 bridgehead atoms. The Balaban J connectivity index is 0.000000980. The standard InChI is InChI=1S/C6H6N4O2S.Re/c1-10-3-8-4-2-7-6(13(11)12)9-5(4)10;/h2-3H,1H3,(H,11,12);/p-1. The number of aromatic nitrogens is 4. The summed E-state index contributed by atoms with van der Waals surface area (Å²) in [6.07, 6.45) is 2.93. The third-order valence-electron chi connectivity index (χ3n) is 1.58. The summed E-state index contributed by atoms with van der Waals surface area (Å²) in [6, 6.07) is 0. The average Bonchev–Trinajstić information content (AvgIpc) is 2.47. The molecule has 2 heterocycles. The maximum atomic E-state index is 10.5. The van der Waals surface area contributed by atoms with E-state index in [1.54, 1.807) is 17.9 Å². The fourth-order valence-corrected chi connectivity index (χ4v) is 1.29. The molecular weight excluding hydrogens is 378 g/mol. The third kappa shape index (κ3) is 1.88. The van der Waals surface area contributed by atoms with Gasteiger partial charge in [-0.25, -0.2) is 15.0 Å². The molecule has 2 rings (SSSR count). The molecule has 2 aromatic heterocycles. The first kappa shape index (κ1) is 11.4. The first-order chi connectivity index (χ1) is 6.18. The second kappa shape index (κ2) is 4.23. The quantitative estimate of drug-likeness (QED) is 0.494. The Morgan fingerprint density at radius 2 is 2.21 bits per heavy atom. The molecule has 0 aliphatic rings. The number of aryl methyl sites for hydroxylation is 1. The van der Waals surface area contributed by atoms with E-state index in [0.717, 1.165) is 0 Å². The molecule has 0 N–H and O–H groups in total. The molecule has 2 aromatic rings. The summed E-state index contributed by atoms with van der Waals surface area (Å²) in [6.45, 7) is 0. The minimum absolute atomic E-state index is 0. The van der Waals surface area contributed by atoms with Crippen LogP contribution in [0, 0.1) is 0 Å². The van der Waals surface area contributed by atoms with E-state index in [0.29, 0.717) is 11.2 Å². The zero-order valence-electron chi connectivity index (χ0n) is 7.05. The predicted octanol–water partition coefficient (Wildman–Crippen LogP) is -0.401. The second-order valence-electron chi connectivity index (χ2n) is 2.45. The number of hydrogen-bond donors (Lipinski definition) is 0. The Kier molecular flexibility index (Phi) is 3.44. The molecule has 0 aromatic carbocycles. The van der Waals surface area contributed by atoms with E-state index < -0.39 is 11.1 Å². The molecule has 6 nitrogen and oxygen atoms in total. The summed E-state index contributed by atoms with van der Waals surface area (Å²) in [5.41, 5.74) is 1.09. The minimum Gasteiger partial charge on any atom is -0.766 e. The van der Waals surface area contributed by atoms with Crippen molar-refractivity contribution in [2.75, 3.05) is 0 Å². The van der Waals surface area contributed by atoms with Crippen molar-refractivity contribution in [1.82, 2.24) is 19.5 Å². The van der Waals surface area contributed by atoms with E-state index in [2.05, 4.69) is 15.0 Å². The van der Waals surface area contributed by atoms with Gasteiger partial charge in [0, 0.05) is 38.6 Å². The van der Waals surface area contributed by atoms with E-state index >= 15 is 0 Å². The molecule has 1 radical (unpaired) electrons. The Bertz CT molecular complexity index is 486. The van der Waals surface area contributed by atoms with Crippen molar-refractivity contribution in [3.05, 3.63) is 12.5 Å². The monoisotopic (exact) mass is 384 g/mol. The van der Waals surface area contributed by atoms with E-state index in [1.165, 1.54) is 6.20 Å². The van der Waals surface area contributed by atoms with E-state index in [9.17, 15) is 8.76 Å². The van der Waals surface area contributed by atoms with Crippen LogP contribution in [0.15, 0.2) is 17.7 Å². The van der Waals surface area contributed by atoms with Gasteiger partial charge in [-0.05, 0) is 0 Å². The van der Waals surface area contributed by atoms with Crippen LogP contribution in [0.3, 0.4) is 0 Å². The summed E-state index contributed by atoms with van der Waals surface area (Å²) in [5, 5.41) is -0.212. The number of fused-ring (bicyclic) bond motifs is 1. The van der Waals surface area contributed by atoms with Gasteiger partial charge in [-0.15, -0.1) is 0 Å². The van der Waals surface area contributed by atoms with Crippen LogP contribution in [-0.4, -0.2) is 28.3 Å². The van der Waals surface area contributed by atoms with Gasteiger partial charge in [-0.2, -0.15) is 0 Å². The van der Waals surface area contributed by atoms with E-state index in [1.807, 2.05) is 0 Å². The topological polar surface area (TPSA) is 83.7 Å². The van der Waals surface area contributed by atoms with Crippen LogP contribution in [0.1, 0.15) is 0 Å². The van der Waals surface area contributed by atoms with Gasteiger partial charge in [0.1, 0.15) is 5.52 Å². The van der Waals surface area contributed by atoms with Crippen LogP contribution >= 0.6 is 0 Å². The maximum absolute atomic E-state index is 10.5. The second-order valence-corrected chi connectivity index (χ2v) is 3.29. The van der Waals surface area contributed by atoms with Gasteiger partial charge < -0.3 is 9.12 Å². The molecule has 0 amide bonds. The van der Waals surface area contributed by atoms with Crippen molar-refractivity contribution in [1.29, 1.82) is 0 Å². The summed E-state index contributed by atoms with van der Waals surface area (Å²) in [4.78, 5) is 11.4. The Morgan fingerprint density at radius 1 is 1.50 bits per heavy atom. The van der Waals surface area contributed by atoms with Crippen molar-refractivity contribution in [3.63, 3.8) is 0 Å². The molecule has 75 valence electrons. The summed E-state index contributed by atoms with van der Waals surface area (Å²) >= 11 is -2.39. The van der Waals surface area contributed by atoms with Gasteiger partial charge in [-0.3, -0.25) is 4.21 Å². The van der Waals surface area contributed by atoms with Gasteiger partial charge in [0.25, 0.3) is 0 Å². The maximum Gasteiger partial charge on any atom is 0.206 e. The predicted molar refractivity (Wildman–Crippen MR) is 43.5 cm³/mol. The van der Waals surface area contributed by atoms with Gasteiger partial charge in [0.2, 0.25) is 5.16 Å². The van der Waals surface area contributed by atoms with Crippen molar-refractivity contribution in [2.24, 2.45) is 7.05 Å². The average molecular weight is 383 g/mol. The van der Waals surface area contributed by atoms with Crippen LogP contribution in [-0.2, 0) is 38.6 Å². The summed E-state index contributed by atoms with van der Waals surface area (Å²) in [7, 11) is 1.74. The van der Waals surface area contributed by atoms with Crippen LogP contribution in [0.5, 0.6) is 0 Å². The SMILES string of the molecule is Cn1cnc2cnc(S(=O)[O-])nc21.[Re]. The molecule has 1 atom stereocenters. The van der Waals surface area contributed by atoms with Crippen molar-refractivity contribution >= 4 is 22.2 Å². The van der Waals surface area contributed by atoms with Crippen molar-refractivity contribution < 1.29 is 29.2 Å². The third-order valence-corrected chi connectivity index (χ3v) is 2.08. The van der Waals surface area contributed by atoms with Crippen LogP contribution in [0.2, 0.25) is 0 Å². The molecule has 0 saturated carbocycles.